The SMILES string of the molecule is COc1ccc(S(=O)(=O)N[C@H](Cc2ccccc2)C(=O)NC2CCCCCCC2)cc1C. The minimum Gasteiger partial charge on any atom is -0.496 e. The Morgan fingerprint density at radius 2 is 1.69 bits per heavy atom. The van der Waals surface area contributed by atoms with Crippen molar-refractivity contribution in [3.8, 4) is 5.75 Å². The Labute approximate surface area is 191 Å². The fourth-order valence-corrected chi connectivity index (χ4v) is 5.49. The quantitative estimate of drug-likeness (QED) is 0.623. The number of ether oxygens (including phenoxy) is 1. The zero-order valence-corrected chi connectivity index (χ0v) is 19.8. The standard InChI is InChI=1S/C25H34N2O4S/c1-19-17-22(15-16-24(19)31-2)32(29,30)27-23(18-20-11-7-6-8-12-20)25(28)26-21-13-9-4-3-5-10-14-21/h6-8,11-12,15-17,21,23,27H,3-5,9-10,13-14,18H2,1-2H3,(H,26,28)/t23-/m1/s1. The van der Waals surface area contributed by atoms with Crippen LogP contribution in [0.1, 0.15) is 56.1 Å². The molecule has 1 atom stereocenters. The highest BCUT2D eigenvalue weighted by Crippen LogP contribution is 2.22. The Hall–Kier alpha value is -2.38. The zero-order valence-electron chi connectivity index (χ0n) is 19.0. The van der Waals surface area contributed by atoms with Gasteiger partial charge in [-0.25, -0.2) is 8.42 Å². The highest BCUT2D eigenvalue weighted by molar-refractivity contribution is 7.89. The van der Waals surface area contributed by atoms with E-state index < -0.39 is 16.1 Å². The summed E-state index contributed by atoms with van der Waals surface area (Å²) in [7, 11) is -2.35. The molecule has 32 heavy (non-hydrogen) atoms. The lowest BCUT2D eigenvalue weighted by Gasteiger charge is -2.25. The first-order valence-electron chi connectivity index (χ1n) is 11.4. The summed E-state index contributed by atoms with van der Waals surface area (Å²) < 4.78 is 34.2. The Kier molecular flexibility index (Phi) is 8.70. The first kappa shape index (κ1) is 24.3. The fraction of sp³-hybridized carbons (Fsp3) is 0.480. The van der Waals surface area contributed by atoms with Crippen LogP contribution in [0.5, 0.6) is 5.75 Å². The molecule has 1 saturated carbocycles. The van der Waals surface area contributed by atoms with Gasteiger partial charge in [-0.2, -0.15) is 4.72 Å². The second-order valence-electron chi connectivity index (χ2n) is 8.55. The molecular formula is C25H34N2O4S. The van der Waals surface area contributed by atoms with Crippen LogP contribution in [-0.2, 0) is 21.2 Å². The first-order chi connectivity index (χ1) is 15.4. The van der Waals surface area contributed by atoms with Gasteiger partial charge in [0, 0.05) is 6.04 Å². The van der Waals surface area contributed by atoms with Gasteiger partial charge in [0.05, 0.1) is 12.0 Å². The summed E-state index contributed by atoms with van der Waals surface area (Å²) in [6.45, 7) is 1.79. The predicted octanol–water partition coefficient (Wildman–Crippen LogP) is 4.12. The van der Waals surface area contributed by atoms with Gasteiger partial charge in [0.25, 0.3) is 0 Å². The third-order valence-corrected chi connectivity index (χ3v) is 7.49. The summed E-state index contributed by atoms with van der Waals surface area (Å²) >= 11 is 0. The summed E-state index contributed by atoms with van der Waals surface area (Å²) in [6.07, 6.45) is 7.96. The van der Waals surface area contributed by atoms with E-state index in [9.17, 15) is 13.2 Å². The van der Waals surface area contributed by atoms with E-state index in [4.69, 9.17) is 4.74 Å². The average molecular weight is 459 g/mol. The van der Waals surface area contributed by atoms with E-state index in [0.717, 1.165) is 31.2 Å². The summed E-state index contributed by atoms with van der Waals surface area (Å²) in [4.78, 5) is 13.4. The summed E-state index contributed by atoms with van der Waals surface area (Å²) in [5.74, 6) is 0.347. The number of sulfonamides is 1. The number of benzene rings is 2. The van der Waals surface area contributed by atoms with E-state index in [0.29, 0.717) is 11.3 Å². The number of hydrogen-bond acceptors (Lipinski definition) is 4. The van der Waals surface area contributed by atoms with Crippen LogP contribution in [0.25, 0.3) is 0 Å². The number of rotatable bonds is 8. The van der Waals surface area contributed by atoms with E-state index in [1.165, 1.54) is 25.3 Å². The number of aryl methyl sites for hydroxylation is 1. The van der Waals surface area contributed by atoms with E-state index in [1.807, 2.05) is 30.3 Å². The monoisotopic (exact) mass is 458 g/mol. The van der Waals surface area contributed by atoms with Crippen LogP contribution in [0.15, 0.2) is 53.4 Å². The Morgan fingerprint density at radius 1 is 1.03 bits per heavy atom. The van der Waals surface area contributed by atoms with Crippen molar-refractivity contribution >= 4 is 15.9 Å². The Morgan fingerprint density at radius 3 is 2.31 bits per heavy atom. The van der Waals surface area contributed by atoms with Crippen LogP contribution in [-0.4, -0.2) is 33.5 Å². The molecule has 0 radical (unpaired) electrons. The molecule has 2 aromatic rings. The number of methoxy groups -OCH3 is 1. The molecule has 3 rings (SSSR count). The number of hydrogen-bond donors (Lipinski definition) is 2. The molecule has 0 unspecified atom stereocenters. The Balaban J connectivity index is 1.80. The second kappa shape index (κ2) is 11.5. The van der Waals surface area contributed by atoms with Gasteiger partial charge in [0.15, 0.2) is 0 Å². The molecule has 1 aliphatic carbocycles. The molecule has 7 heteroatoms. The minimum atomic E-state index is -3.89. The minimum absolute atomic E-state index is 0.0915. The maximum atomic E-state index is 13.2. The number of amides is 1. The summed E-state index contributed by atoms with van der Waals surface area (Å²) in [5.41, 5.74) is 1.62. The van der Waals surface area contributed by atoms with Gasteiger partial charge in [0.1, 0.15) is 11.8 Å². The van der Waals surface area contributed by atoms with E-state index in [1.54, 1.807) is 26.2 Å². The van der Waals surface area contributed by atoms with Gasteiger partial charge in [-0.05, 0) is 55.5 Å². The largest absolute Gasteiger partial charge is 0.496 e. The smallest absolute Gasteiger partial charge is 0.241 e. The molecule has 174 valence electrons. The lowest BCUT2D eigenvalue weighted by Crippen LogP contribution is -2.50. The van der Waals surface area contributed by atoms with E-state index in [2.05, 4.69) is 10.0 Å². The van der Waals surface area contributed by atoms with Crippen molar-refractivity contribution in [3.63, 3.8) is 0 Å². The third kappa shape index (κ3) is 6.81. The summed E-state index contributed by atoms with van der Waals surface area (Å²) in [6, 6.07) is 13.4. The summed E-state index contributed by atoms with van der Waals surface area (Å²) in [5, 5.41) is 3.12. The predicted molar refractivity (Wildman–Crippen MR) is 126 cm³/mol. The van der Waals surface area contributed by atoms with Crippen molar-refractivity contribution in [2.24, 2.45) is 0 Å². The fourth-order valence-electron chi connectivity index (χ4n) is 4.21. The van der Waals surface area contributed by atoms with E-state index in [-0.39, 0.29) is 23.3 Å². The number of nitrogens with one attached hydrogen (secondary N) is 2. The second-order valence-corrected chi connectivity index (χ2v) is 10.3. The molecule has 1 fully saturated rings. The molecular weight excluding hydrogens is 424 g/mol. The molecule has 2 aromatic carbocycles. The number of carbonyl (C=O) groups excluding carboxylic acids is 1. The molecule has 0 bridgehead atoms. The lowest BCUT2D eigenvalue weighted by molar-refractivity contribution is -0.123. The molecule has 0 saturated heterocycles. The van der Waals surface area contributed by atoms with Crippen molar-refractivity contribution < 1.29 is 17.9 Å². The third-order valence-electron chi connectivity index (χ3n) is 6.02. The van der Waals surface area contributed by atoms with Gasteiger partial charge in [-0.15, -0.1) is 0 Å². The van der Waals surface area contributed by atoms with Crippen LogP contribution in [0.4, 0.5) is 0 Å². The van der Waals surface area contributed by atoms with Gasteiger partial charge >= 0.3 is 0 Å². The van der Waals surface area contributed by atoms with Crippen LogP contribution < -0.4 is 14.8 Å². The molecule has 2 N–H and O–H groups in total. The normalized spacial score (nSPS) is 16.6. The number of carbonyl (C=O) groups is 1. The highest BCUT2D eigenvalue weighted by Gasteiger charge is 2.28. The highest BCUT2D eigenvalue weighted by atomic mass is 32.2. The van der Waals surface area contributed by atoms with Crippen LogP contribution >= 0.6 is 0 Å². The van der Waals surface area contributed by atoms with Gasteiger partial charge in [-0.1, -0.05) is 62.4 Å². The van der Waals surface area contributed by atoms with Crippen molar-refractivity contribution in [2.75, 3.05) is 7.11 Å². The zero-order chi connectivity index (χ0) is 23.0. The first-order valence-corrected chi connectivity index (χ1v) is 12.9. The van der Waals surface area contributed by atoms with Crippen molar-refractivity contribution in [3.05, 3.63) is 59.7 Å². The topological polar surface area (TPSA) is 84.5 Å². The molecule has 0 spiro atoms. The molecule has 0 aliphatic heterocycles. The van der Waals surface area contributed by atoms with Gasteiger partial charge < -0.3 is 10.1 Å². The lowest BCUT2D eigenvalue weighted by atomic mass is 9.96. The van der Waals surface area contributed by atoms with Crippen molar-refractivity contribution in [1.82, 2.24) is 10.0 Å². The van der Waals surface area contributed by atoms with Crippen LogP contribution in [0, 0.1) is 6.92 Å². The van der Waals surface area contributed by atoms with E-state index >= 15 is 0 Å². The molecule has 0 aromatic heterocycles. The van der Waals surface area contributed by atoms with Gasteiger partial charge in [0.2, 0.25) is 15.9 Å². The van der Waals surface area contributed by atoms with Crippen molar-refractivity contribution in [1.29, 1.82) is 0 Å². The molecule has 6 nitrogen and oxygen atoms in total. The van der Waals surface area contributed by atoms with Crippen LogP contribution in [0.3, 0.4) is 0 Å². The Bertz CT molecular complexity index is 984. The van der Waals surface area contributed by atoms with Crippen molar-refractivity contribution in [2.45, 2.75) is 75.3 Å². The maximum absolute atomic E-state index is 13.2. The molecule has 1 aliphatic rings. The maximum Gasteiger partial charge on any atom is 0.241 e. The van der Waals surface area contributed by atoms with Crippen LogP contribution in [0.2, 0.25) is 0 Å². The molecule has 1 amide bonds. The average Bonchev–Trinajstić information content (AvgIpc) is 2.75. The molecule has 0 heterocycles. The van der Waals surface area contributed by atoms with Gasteiger partial charge in [-0.3, -0.25) is 4.79 Å².